The molecule has 1 aliphatic carbocycles. The summed E-state index contributed by atoms with van der Waals surface area (Å²) in [6, 6.07) is 14.9. The third-order valence-corrected chi connectivity index (χ3v) is 7.81. The van der Waals surface area contributed by atoms with Gasteiger partial charge in [-0.25, -0.2) is 9.18 Å². The molecule has 0 radical (unpaired) electrons. The van der Waals surface area contributed by atoms with Gasteiger partial charge in [-0.15, -0.1) is 0 Å². The van der Waals surface area contributed by atoms with Crippen LogP contribution in [0.5, 0.6) is 0 Å². The minimum absolute atomic E-state index is 0.0248. The Morgan fingerprint density at radius 2 is 1.79 bits per heavy atom. The van der Waals surface area contributed by atoms with Gasteiger partial charge in [0.05, 0.1) is 22.6 Å². The summed E-state index contributed by atoms with van der Waals surface area (Å²) >= 11 is 6.17. The Balaban J connectivity index is 1.30. The number of fused-ring (bicyclic) bond motifs is 1. The van der Waals surface area contributed by atoms with Crippen molar-refractivity contribution in [1.82, 2.24) is 14.8 Å². The molecular weight excluding hydrogens is 575 g/mol. The van der Waals surface area contributed by atoms with Crippen molar-refractivity contribution in [3.8, 4) is 11.1 Å². The van der Waals surface area contributed by atoms with E-state index in [1.165, 1.54) is 40.8 Å². The number of nitrogens with zero attached hydrogens (tertiary/aromatic N) is 2. The first-order valence-corrected chi connectivity index (χ1v) is 14.1. The molecule has 0 aliphatic heterocycles. The predicted molar refractivity (Wildman–Crippen MR) is 160 cm³/mol. The van der Waals surface area contributed by atoms with Crippen molar-refractivity contribution in [3.63, 3.8) is 0 Å². The highest BCUT2D eigenvalue weighted by Gasteiger charge is 2.34. The fourth-order valence-electron chi connectivity index (χ4n) is 5.06. The van der Waals surface area contributed by atoms with Crippen LogP contribution in [0.15, 0.2) is 60.8 Å². The zero-order valence-electron chi connectivity index (χ0n) is 23.4. The van der Waals surface area contributed by atoms with Crippen LogP contribution in [0.3, 0.4) is 0 Å². The van der Waals surface area contributed by atoms with Crippen LogP contribution in [0, 0.1) is 5.82 Å². The first-order chi connectivity index (χ1) is 20.5. The molecule has 1 aliphatic rings. The van der Waals surface area contributed by atoms with E-state index in [2.05, 4.69) is 5.32 Å². The number of carbonyl (C=O) groups excluding carboxylic acids is 3. The lowest BCUT2D eigenvalue weighted by molar-refractivity contribution is -0.137. The number of aromatic nitrogens is 1. The second kappa shape index (κ2) is 12.4. The van der Waals surface area contributed by atoms with Gasteiger partial charge in [0.2, 0.25) is 11.8 Å². The van der Waals surface area contributed by atoms with Gasteiger partial charge in [0.15, 0.2) is 5.78 Å². The zero-order chi connectivity index (χ0) is 30.8. The molecular formula is C32H30ClFN4O5. The fraction of sp³-hybridized carbons (Fsp3) is 0.250. The standard InChI is InChI=1S/C32H30ClFN4O5/c1-18(39)26-15-37(28-12-21(32(42)43)6-9-25(26)28)17-30(41)38(24-7-8-24)16-29(40)36-14-23-10-22(11-27(33)31(23)34)20-4-2-19(13-35)3-5-20/h2-6,9-12,15,24H,7-8,13-14,16-17,35H2,1H3,(H,36,40)(H,42,43). The number of amides is 2. The number of nitrogens with one attached hydrogen (secondary N) is 1. The molecule has 9 nitrogen and oxygen atoms in total. The lowest BCUT2D eigenvalue weighted by Crippen LogP contribution is -2.43. The Morgan fingerprint density at radius 1 is 1.07 bits per heavy atom. The number of hydrogen-bond acceptors (Lipinski definition) is 5. The minimum Gasteiger partial charge on any atom is -0.478 e. The van der Waals surface area contributed by atoms with Crippen LogP contribution in [0.1, 0.15) is 51.6 Å². The number of aromatic carboxylic acids is 1. The number of hydrogen-bond donors (Lipinski definition) is 3. The van der Waals surface area contributed by atoms with E-state index in [1.54, 1.807) is 12.1 Å². The van der Waals surface area contributed by atoms with Crippen LogP contribution in [-0.2, 0) is 29.2 Å². The van der Waals surface area contributed by atoms with E-state index in [4.69, 9.17) is 17.3 Å². The van der Waals surface area contributed by atoms with Crippen LogP contribution in [0.25, 0.3) is 22.0 Å². The summed E-state index contributed by atoms with van der Waals surface area (Å²) < 4.78 is 16.4. The molecule has 0 spiro atoms. The number of benzene rings is 3. The third kappa shape index (κ3) is 6.60. The Bertz CT molecular complexity index is 1750. The normalized spacial score (nSPS) is 12.7. The first kappa shape index (κ1) is 29.9. The number of carboxylic acids is 1. The summed E-state index contributed by atoms with van der Waals surface area (Å²) in [6.45, 7) is 1.24. The van der Waals surface area contributed by atoms with Gasteiger partial charge in [0, 0.05) is 41.8 Å². The lowest BCUT2D eigenvalue weighted by atomic mass is 10.0. The van der Waals surface area contributed by atoms with Gasteiger partial charge in [-0.05, 0) is 60.7 Å². The second-order valence-corrected chi connectivity index (χ2v) is 11.0. The molecule has 1 fully saturated rings. The van der Waals surface area contributed by atoms with E-state index in [0.717, 1.165) is 24.0 Å². The number of carbonyl (C=O) groups is 4. The Kier molecular flexibility index (Phi) is 8.61. The minimum atomic E-state index is -1.13. The lowest BCUT2D eigenvalue weighted by Gasteiger charge is -2.22. The molecule has 0 unspecified atom stereocenters. The molecule has 4 N–H and O–H groups in total. The highest BCUT2D eigenvalue weighted by Crippen LogP contribution is 2.30. The quantitative estimate of drug-likeness (QED) is 0.211. The molecule has 11 heteroatoms. The smallest absolute Gasteiger partial charge is 0.335 e. The molecule has 2 amide bonds. The Hall–Kier alpha value is -4.54. The third-order valence-electron chi connectivity index (χ3n) is 7.54. The molecule has 3 aromatic carbocycles. The van der Waals surface area contributed by atoms with E-state index < -0.39 is 17.7 Å². The van der Waals surface area contributed by atoms with Crippen LogP contribution in [-0.4, -0.2) is 50.7 Å². The number of ketones is 1. The SMILES string of the molecule is CC(=O)c1cn(CC(=O)N(CC(=O)NCc2cc(-c3ccc(CN)cc3)cc(Cl)c2F)C2CC2)c2cc(C(=O)O)ccc12. The van der Waals surface area contributed by atoms with E-state index in [9.17, 15) is 28.7 Å². The van der Waals surface area contributed by atoms with Crippen molar-refractivity contribution < 1.29 is 28.7 Å². The van der Waals surface area contributed by atoms with Crippen molar-refractivity contribution in [2.24, 2.45) is 5.73 Å². The molecule has 0 saturated heterocycles. The summed E-state index contributed by atoms with van der Waals surface area (Å²) in [5.74, 6) is -2.82. The summed E-state index contributed by atoms with van der Waals surface area (Å²) in [7, 11) is 0. The average molecular weight is 605 g/mol. The fourth-order valence-corrected chi connectivity index (χ4v) is 5.30. The second-order valence-electron chi connectivity index (χ2n) is 10.6. The van der Waals surface area contributed by atoms with Gasteiger partial charge < -0.3 is 25.6 Å². The molecule has 43 heavy (non-hydrogen) atoms. The topological polar surface area (TPSA) is 135 Å². The van der Waals surface area contributed by atoms with Crippen molar-refractivity contribution in [1.29, 1.82) is 0 Å². The molecule has 5 rings (SSSR count). The summed E-state index contributed by atoms with van der Waals surface area (Å²) in [4.78, 5) is 51.6. The van der Waals surface area contributed by atoms with E-state index in [-0.39, 0.29) is 53.5 Å². The van der Waals surface area contributed by atoms with Gasteiger partial charge in [-0.3, -0.25) is 14.4 Å². The maximum Gasteiger partial charge on any atom is 0.335 e. The van der Waals surface area contributed by atoms with E-state index >= 15 is 0 Å². The molecule has 1 saturated carbocycles. The summed E-state index contributed by atoms with van der Waals surface area (Å²) in [6.07, 6.45) is 3.01. The largest absolute Gasteiger partial charge is 0.478 e. The molecule has 222 valence electrons. The van der Waals surface area contributed by atoms with Crippen molar-refractivity contribution in [2.75, 3.05) is 6.54 Å². The van der Waals surface area contributed by atoms with Crippen molar-refractivity contribution in [2.45, 2.75) is 45.4 Å². The number of rotatable bonds is 11. The van der Waals surface area contributed by atoms with Crippen LogP contribution >= 0.6 is 11.6 Å². The molecule has 1 heterocycles. The van der Waals surface area contributed by atoms with Crippen molar-refractivity contribution in [3.05, 3.63) is 93.9 Å². The van der Waals surface area contributed by atoms with E-state index in [0.29, 0.717) is 28.6 Å². The monoisotopic (exact) mass is 604 g/mol. The van der Waals surface area contributed by atoms with Gasteiger partial charge in [0.1, 0.15) is 12.4 Å². The number of Topliss-reactive ketones (excluding diaryl/α,β-unsaturated/α-hetero) is 1. The molecule has 0 bridgehead atoms. The first-order valence-electron chi connectivity index (χ1n) is 13.8. The molecule has 0 atom stereocenters. The Labute approximate surface area is 252 Å². The van der Waals surface area contributed by atoms with Crippen LogP contribution < -0.4 is 11.1 Å². The van der Waals surface area contributed by atoms with E-state index in [1.807, 2.05) is 24.3 Å². The van der Waals surface area contributed by atoms with Gasteiger partial charge >= 0.3 is 5.97 Å². The highest BCUT2D eigenvalue weighted by atomic mass is 35.5. The van der Waals surface area contributed by atoms with Crippen LogP contribution in [0.2, 0.25) is 5.02 Å². The number of nitrogens with two attached hydrogens (primary N) is 1. The number of carboxylic acid groups (broad SMARTS) is 1. The Morgan fingerprint density at radius 3 is 2.42 bits per heavy atom. The van der Waals surface area contributed by atoms with Crippen LogP contribution in [0.4, 0.5) is 4.39 Å². The molecule has 1 aromatic heterocycles. The highest BCUT2D eigenvalue weighted by molar-refractivity contribution is 6.31. The summed E-state index contributed by atoms with van der Waals surface area (Å²) in [5.41, 5.74) is 9.15. The van der Waals surface area contributed by atoms with Gasteiger partial charge in [0.25, 0.3) is 0 Å². The average Bonchev–Trinajstić information content (AvgIpc) is 3.77. The van der Waals surface area contributed by atoms with Crippen molar-refractivity contribution >= 4 is 46.1 Å². The zero-order valence-corrected chi connectivity index (χ0v) is 24.2. The molecule has 4 aromatic rings. The maximum atomic E-state index is 14.9. The maximum absolute atomic E-state index is 14.9. The van der Waals surface area contributed by atoms with Gasteiger partial charge in [-0.2, -0.15) is 0 Å². The summed E-state index contributed by atoms with van der Waals surface area (Å²) in [5, 5.41) is 12.6. The number of halogens is 2. The predicted octanol–water partition coefficient (Wildman–Crippen LogP) is 4.77. The van der Waals surface area contributed by atoms with Gasteiger partial charge in [-0.1, -0.05) is 41.9 Å².